The number of methoxy groups -OCH3 is 1. The van der Waals surface area contributed by atoms with Crippen LogP contribution in [-0.2, 0) is 6.42 Å². The second kappa shape index (κ2) is 8.80. The number of nitrogens with one attached hydrogen (secondary N) is 2. The normalized spacial score (nSPS) is 10.3. The maximum Gasteiger partial charge on any atom is 0.256 e. The number of ether oxygens (including phenoxy) is 1. The summed E-state index contributed by atoms with van der Waals surface area (Å²) < 4.78 is 18.1. The van der Waals surface area contributed by atoms with E-state index in [1.165, 1.54) is 29.8 Å². The minimum atomic E-state index is -0.381. The lowest BCUT2D eigenvalue weighted by Gasteiger charge is -2.09. The highest BCUT2D eigenvalue weighted by Gasteiger charge is 2.07. The molecule has 3 aromatic rings. The monoisotopic (exact) mass is 365 g/mol. The first-order chi connectivity index (χ1) is 13.1. The Morgan fingerprint density at radius 2 is 1.93 bits per heavy atom. The first kappa shape index (κ1) is 18.4. The summed E-state index contributed by atoms with van der Waals surface area (Å²) in [6.07, 6.45) is 2.51. The summed E-state index contributed by atoms with van der Waals surface area (Å²) in [5.74, 6) is 0.563. The maximum absolute atomic E-state index is 12.9. The number of anilines is 2. The molecule has 0 radical (unpaired) electrons. The molecule has 138 valence electrons. The Morgan fingerprint density at radius 1 is 1.11 bits per heavy atom. The van der Waals surface area contributed by atoms with Gasteiger partial charge in [-0.2, -0.15) is 0 Å². The van der Waals surface area contributed by atoms with Crippen molar-refractivity contribution in [3.63, 3.8) is 0 Å². The van der Waals surface area contributed by atoms with Crippen LogP contribution < -0.4 is 15.4 Å². The Hall–Kier alpha value is -3.41. The first-order valence-corrected chi connectivity index (χ1v) is 8.54. The number of benzene rings is 2. The van der Waals surface area contributed by atoms with Crippen LogP contribution in [0.25, 0.3) is 0 Å². The molecule has 3 rings (SSSR count). The number of amides is 1. The Morgan fingerprint density at radius 3 is 2.63 bits per heavy atom. The van der Waals surface area contributed by atoms with Crippen molar-refractivity contribution in [1.82, 2.24) is 4.98 Å². The highest BCUT2D eigenvalue weighted by Crippen LogP contribution is 2.14. The number of hydrogen-bond acceptors (Lipinski definition) is 4. The van der Waals surface area contributed by atoms with Gasteiger partial charge in [-0.15, -0.1) is 0 Å². The van der Waals surface area contributed by atoms with E-state index in [2.05, 4.69) is 21.7 Å². The molecule has 27 heavy (non-hydrogen) atoms. The highest BCUT2D eigenvalue weighted by molar-refractivity contribution is 6.03. The molecule has 0 aliphatic heterocycles. The van der Waals surface area contributed by atoms with Gasteiger partial charge in [-0.05, 0) is 60.5 Å². The topological polar surface area (TPSA) is 63.2 Å². The van der Waals surface area contributed by atoms with Crippen molar-refractivity contribution in [2.24, 2.45) is 0 Å². The quantitative estimate of drug-likeness (QED) is 0.661. The number of halogens is 1. The summed E-state index contributed by atoms with van der Waals surface area (Å²) in [6.45, 7) is 0.746. The molecule has 0 aliphatic rings. The summed E-state index contributed by atoms with van der Waals surface area (Å²) in [5.41, 5.74) is 2.41. The van der Waals surface area contributed by atoms with Gasteiger partial charge in [-0.3, -0.25) is 4.79 Å². The standard InChI is InChI=1S/C21H20FN3O2/c1-27-19-4-2-3-15(13-19)11-12-23-18-9-10-20(24-14-18)25-21(26)16-5-7-17(22)8-6-16/h2-10,13-14,23H,11-12H2,1H3,(H,24,25,26). The summed E-state index contributed by atoms with van der Waals surface area (Å²) in [4.78, 5) is 16.3. The summed E-state index contributed by atoms with van der Waals surface area (Å²) >= 11 is 0. The van der Waals surface area contributed by atoms with Crippen molar-refractivity contribution in [3.8, 4) is 5.75 Å². The second-order valence-corrected chi connectivity index (χ2v) is 5.92. The van der Waals surface area contributed by atoms with Crippen LogP contribution in [0.4, 0.5) is 15.9 Å². The van der Waals surface area contributed by atoms with E-state index in [-0.39, 0.29) is 11.7 Å². The summed E-state index contributed by atoms with van der Waals surface area (Å²) in [6, 6.07) is 16.9. The SMILES string of the molecule is COc1cccc(CCNc2ccc(NC(=O)c3ccc(F)cc3)nc2)c1. The fourth-order valence-electron chi connectivity index (χ4n) is 2.54. The highest BCUT2D eigenvalue weighted by atomic mass is 19.1. The minimum absolute atomic E-state index is 0.332. The number of rotatable bonds is 7. The number of carbonyl (C=O) groups excluding carboxylic acids is 1. The Kier molecular flexibility index (Phi) is 5.99. The molecular weight excluding hydrogens is 345 g/mol. The molecule has 0 unspecified atom stereocenters. The van der Waals surface area contributed by atoms with E-state index in [0.717, 1.165) is 24.4 Å². The number of nitrogens with zero attached hydrogens (tertiary/aromatic N) is 1. The van der Waals surface area contributed by atoms with E-state index in [1.807, 2.05) is 24.3 Å². The summed E-state index contributed by atoms with van der Waals surface area (Å²) in [5, 5.41) is 5.98. The Labute approximate surface area is 157 Å². The number of carbonyl (C=O) groups is 1. The third-order valence-corrected chi connectivity index (χ3v) is 3.99. The molecular formula is C21H20FN3O2. The predicted molar refractivity (Wildman–Crippen MR) is 104 cm³/mol. The van der Waals surface area contributed by atoms with E-state index >= 15 is 0 Å². The van der Waals surface area contributed by atoms with Crippen LogP contribution in [0.3, 0.4) is 0 Å². The van der Waals surface area contributed by atoms with Gasteiger partial charge in [0.15, 0.2) is 0 Å². The average Bonchev–Trinajstić information content (AvgIpc) is 2.70. The first-order valence-electron chi connectivity index (χ1n) is 8.54. The van der Waals surface area contributed by atoms with Gasteiger partial charge in [0, 0.05) is 12.1 Å². The van der Waals surface area contributed by atoms with Crippen molar-refractivity contribution < 1.29 is 13.9 Å². The van der Waals surface area contributed by atoms with Crippen LogP contribution in [0.15, 0.2) is 66.9 Å². The predicted octanol–water partition coefficient (Wildman–Crippen LogP) is 4.14. The minimum Gasteiger partial charge on any atom is -0.497 e. The van der Waals surface area contributed by atoms with E-state index in [4.69, 9.17) is 4.74 Å². The molecule has 1 heterocycles. The average molecular weight is 365 g/mol. The van der Waals surface area contributed by atoms with Gasteiger partial charge in [0.25, 0.3) is 5.91 Å². The van der Waals surface area contributed by atoms with Crippen molar-refractivity contribution in [1.29, 1.82) is 0 Å². The fraction of sp³-hybridized carbons (Fsp3) is 0.143. The number of hydrogen-bond donors (Lipinski definition) is 2. The molecule has 0 saturated carbocycles. The number of pyridine rings is 1. The molecule has 6 heteroatoms. The fourth-order valence-corrected chi connectivity index (χ4v) is 2.54. The molecule has 2 aromatic carbocycles. The van der Waals surface area contributed by atoms with Crippen molar-refractivity contribution in [2.45, 2.75) is 6.42 Å². The molecule has 1 amide bonds. The zero-order valence-corrected chi connectivity index (χ0v) is 14.9. The zero-order valence-electron chi connectivity index (χ0n) is 14.9. The second-order valence-electron chi connectivity index (χ2n) is 5.92. The molecule has 2 N–H and O–H groups in total. The lowest BCUT2D eigenvalue weighted by molar-refractivity contribution is 0.102. The maximum atomic E-state index is 12.9. The van der Waals surface area contributed by atoms with Gasteiger partial charge in [-0.25, -0.2) is 9.37 Å². The zero-order chi connectivity index (χ0) is 19.1. The van der Waals surface area contributed by atoms with Crippen molar-refractivity contribution >= 4 is 17.4 Å². The van der Waals surface area contributed by atoms with Crippen LogP contribution in [0.1, 0.15) is 15.9 Å². The van der Waals surface area contributed by atoms with Crippen LogP contribution in [0, 0.1) is 5.82 Å². The Bertz CT molecular complexity index is 896. The third kappa shape index (κ3) is 5.28. The Balaban J connectivity index is 1.51. The molecule has 0 aliphatic carbocycles. The van der Waals surface area contributed by atoms with Crippen LogP contribution in [0.2, 0.25) is 0 Å². The van der Waals surface area contributed by atoms with Gasteiger partial charge in [0.05, 0.1) is 19.0 Å². The van der Waals surface area contributed by atoms with Crippen molar-refractivity contribution in [3.05, 3.63) is 83.8 Å². The third-order valence-electron chi connectivity index (χ3n) is 3.99. The number of aromatic nitrogens is 1. The van der Waals surface area contributed by atoms with Gasteiger partial charge >= 0.3 is 0 Å². The van der Waals surface area contributed by atoms with Crippen LogP contribution in [-0.4, -0.2) is 24.5 Å². The van der Waals surface area contributed by atoms with Gasteiger partial charge < -0.3 is 15.4 Å². The molecule has 1 aromatic heterocycles. The van der Waals surface area contributed by atoms with Gasteiger partial charge in [-0.1, -0.05) is 12.1 Å². The van der Waals surface area contributed by atoms with E-state index < -0.39 is 0 Å². The van der Waals surface area contributed by atoms with Gasteiger partial charge in [0.1, 0.15) is 17.4 Å². The van der Waals surface area contributed by atoms with Crippen LogP contribution in [0.5, 0.6) is 5.75 Å². The molecule has 0 atom stereocenters. The molecule has 0 bridgehead atoms. The lowest BCUT2D eigenvalue weighted by Crippen LogP contribution is -2.13. The molecule has 0 spiro atoms. The van der Waals surface area contributed by atoms with E-state index in [1.54, 1.807) is 19.4 Å². The van der Waals surface area contributed by atoms with Gasteiger partial charge in [0.2, 0.25) is 0 Å². The van der Waals surface area contributed by atoms with E-state index in [0.29, 0.717) is 11.4 Å². The van der Waals surface area contributed by atoms with Crippen LogP contribution >= 0.6 is 0 Å². The largest absolute Gasteiger partial charge is 0.497 e. The smallest absolute Gasteiger partial charge is 0.256 e. The van der Waals surface area contributed by atoms with Crippen molar-refractivity contribution in [2.75, 3.05) is 24.3 Å². The lowest BCUT2D eigenvalue weighted by atomic mass is 10.1. The molecule has 5 nitrogen and oxygen atoms in total. The molecule has 0 fully saturated rings. The van der Waals surface area contributed by atoms with E-state index in [9.17, 15) is 9.18 Å². The molecule has 0 saturated heterocycles. The summed E-state index contributed by atoms with van der Waals surface area (Å²) in [7, 11) is 1.65.